The number of rotatable bonds is 6. The molecule has 0 spiro atoms. The molecule has 0 bridgehead atoms. The number of hydrogen-bond acceptors (Lipinski definition) is 6. The molecule has 2 aliphatic rings. The van der Waals surface area contributed by atoms with Gasteiger partial charge in [-0.05, 0) is 49.2 Å². The van der Waals surface area contributed by atoms with Crippen molar-refractivity contribution in [2.24, 2.45) is 0 Å². The number of nitrogens with one attached hydrogen (secondary N) is 1. The van der Waals surface area contributed by atoms with Gasteiger partial charge in [-0.25, -0.2) is 0 Å². The van der Waals surface area contributed by atoms with E-state index < -0.39 is 11.9 Å². The maximum atomic E-state index is 13.6. The second kappa shape index (κ2) is 8.82. The van der Waals surface area contributed by atoms with Gasteiger partial charge in [0.15, 0.2) is 23.3 Å². The first-order chi connectivity index (χ1) is 15.7. The van der Waals surface area contributed by atoms with E-state index in [2.05, 4.69) is 5.32 Å². The van der Waals surface area contributed by atoms with E-state index in [9.17, 15) is 9.59 Å². The van der Waals surface area contributed by atoms with Crippen molar-refractivity contribution in [1.29, 1.82) is 0 Å². The Morgan fingerprint density at radius 3 is 2.41 bits per heavy atom. The summed E-state index contributed by atoms with van der Waals surface area (Å²) in [6.45, 7) is 0.868. The van der Waals surface area contributed by atoms with Crippen LogP contribution in [0.5, 0.6) is 11.5 Å². The third-order valence-electron chi connectivity index (χ3n) is 5.78. The molecule has 1 fully saturated rings. The number of fused-ring (bicyclic) bond motifs is 1. The SMILES string of the molecule is O=C(NC1CCCC1)[C@@H](c1ccco1)N(C(=O)c1ccco1)c1ccc2c(c1)OCCO2. The van der Waals surface area contributed by atoms with E-state index >= 15 is 0 Å². The molecule has 1 aliphatic heterocycles. The van der Waals surface area contributed by atoms with Gasteiger partial charge in [0.1, 0.15) is 19.0 Å². The Hall–Kier alpha value is -3.68. The Bertz CT molecular complexity index is 1070. The molecule has 3 heterocycles. The highest BCUT2D eigenvalue weighted by atomic mass is 16.6. The molecule has 1 aromatic carbocycles. The van der Waals surface area contributed by atoms with Gasteiger partial charge < -0.3 is 23.6 Å². The van der Waals surface area contributed by atoms with Gasteiger partial charge in [-0.15, -0.1) is 0 Å². The summed E-state index contributed by atoms with van der Waals surface area (Å²) in [6, 6.07) is 10.8. The van der Waals surface area contributed by atoms with Gasteiger partial charge >= 0.3 is 0 Å². The normalized spacial score (nSPS) is 16.5. The Labute approximate surface area is 185 Å². The van der Waals surface area contributed by atoms with Crippen LogP contribution in [0.3, 0.4) is 0 Å². The number of ether oxygens (including phenoxy) is 2. The average molecular weight is 436 g/mol. The fourth-order valence-corrected chi connectivity index (χ4v) is 4.26. The molecule has 8 nitrogen and oxygen atoms in total. The van der Waals surface area contributed by atoms with Crippen LogP contribution in [-0.4, -0.2) is 31.1 Å². The third kappa shape index (κ3) is 3.95. The predicted molar refractivity (Wildman–Crippen MR) is 115 cm³/mol. The fourth-order valence-electron chi connectivity index (χ4n) is 4.26. The number of amides is 2. The van der Waals surface area contributed by atoms with E-state index in [-0.39, 0.29) is 17.7 Å². The molecule has 1 aliphatic carbocycles. The lowest BCUT2D eigenvalue weighted by molar-refractivity contribution is -0.123. The van der Waals surface area contributed by atoms with Crippen LogP contribution in [0.4, 0.5) is 5.69 Å². The van der Waals surface area contributed by atoms with Crippen LogP contribution >= 0.6 is 0 Å². The van der Waals surface area contributed by atoms with E-state index in [1.807, 2.05) is 0 Å². The van der Waals surface area contributed by atoms with E-state index in [4.69, 9.17) is 18.3 Å². The average Bonchev–Trinajstić information content (AvgIpc) is 3.60. The van der Waals surface area contributed by atoms with Crippen LogP contribution in [0.1, 0.15) is 48.0 Å². The summed E-state index contributed by atoms with van der Waals surface area (Å²) >= 11 is 0. The van der Waals surface area contributed by atoms with Crippen LogP contribution < -0.4 is 19.7 Å². The van der Waals surface area contributed by atoms with Crippen molar-refractivity contribution in [2.45, 2.75) is 37.8 Å². The molecule has 8 heteroatoms. The molecule has 1 saturated carbocycles. The number of anilines is 1. The monoisotopic (exact) mass is 436 g/mol. The molecular weight excluding hydrogens is 412 g/mol. The molecule has 5 rings (SSSR count). The number of carbonyl (C=O) groups excluding carboxylic acids is 2. The number of carbonyl (C=O) groups is 2. The van der Waals surface area contributed by atoms with E-state index in [1.165, 1.54) is 17.4 Å². The first-order valence-corrected chi connectivity index (χ1v) is 10.8. The van der Waals surface area contributed by atoms with Gasteiger partial charge in [0.2, 0.25) is 0 Å². The second-order valence-electron chi connectivity index (χ2n) is 7.89. The van der Waals surface area contributed by atoms with Gasteiger partial charge in [0.25, 0.3) is 11.8 Å². The molecule has 166 valence electrons. The van der Waals surface area contributed by atoms with Crippen molar-refractivity contribution < 1.29 is 27.9 Å². The number of nitrogens with zero attached hydrogens (tertiary/aromatic N) is 1. The number of furan rings is 2. The Kier molecular flexibility index (Phi) is 5.58. The van der Waals surface area contributed by atoms with Crippen molar-refractivity contribution in [3.63, 3.8) is 0 Å². The molecule has 0 unspecified atom stereocenters. The zero-order valence-electron chi connectivity index (χ0n) is 17.5. The van der Waals surface area contributed by atoms with Crippen LogP contribution in [0.2, 0.25) is 0 Å². The minimum Gasteiger partial charge on any atom is -0.486 e. The summed E-state index contributed by atoms with van der Waals surface area (Å²) < 4.78 is 22.3. The maximum Gasteiger partial charge on any atom is 0.295 e. The lowest BCUT2D eigenvalue weighted by Crippen LogP contribution is -2.46. The van der Waals surface area contributed by atoms with Gasteiger partial charge in [0, 0.05) is 17.8 Å². The first-order valence-electron chi connectivity index (χ1n) is 10.8. The Morgan fingerprint density at radius 2 is 1.69 bits per heavy atom. The second-order valence-corrected chi connectivity index (χ2v) is 7.89. The number of hydrogen-bond donors (Lipinski definition) is 1. The highest BCUT2D eigenvalue weighted by Crippen LogP contribution is 2.38. The van der Waals surface area contributed by atoms with E-state index in [0.717, 1.165) is 25.7 Å². The zero-order valence-corrected chi connectivity index (χ0v) is 17.5. The van der Waals surface area contributed by atoms with E-state index in [0.29, 0.717) is 36.2 Å². The minimum atomic E-state index is -1.02. The summed E-state index contributed by atoms with van der Waals surface area (Å²) in [4.78, 5) is 28.5. The van der Waals surface area contributed by atoms with Crippen LogP contribution in [-0.2, 0) is 4.79 Å². The molecule has 0 saturated heterocycles. The van der Waals surface area contributed by atoms with Crippen molar-refractivity contribution in [3.8, 4) is 11.5 Å². The van der Waals surface area contributed by atoms with Gasteiger partial charge in [-0.3, -0.25) is 14.5 Å². The number of benzene rings is 1. The topological polar surface area (TPSA) is 94.2 Å². The summed E-state index contributed by atoms with van der Waals surface area (Å²) in [5, 5.41) is 3.10. The van der Waals surface area contributed by atoms with Crippen LogP contribution in [0.25, 0.3) is 0 Å². The van der Waals surface area contributed by atoms with Crippen molar-refractivity contribution in [3.05, 3.63) is 66.5 Å². The fraction of sp³-hybridized carbons (Fsp3) is 0.333. The summed E-state index contributed by atoms with van der Waals surface area (Å²) in [5.41, 5.74) is 0.471. The largest absolute Gasteiger partial charge is 0.486 e. The molecule has 2 aromatic heterocycles. The first kappa shape index (κ1) is 20.2. The van der Waals surface area contributed by atoms with Crippen LogP contribution in [0, 0.1) is 0 Å². The van der Waals surface area contributed by atoms with Crippen molar-refractivity contribution in [1.82, 2.24) is 5.32 Å². The van der Waals surface area contributed by atoms with Crippen molar-refractivity contribution in [2.75, 3.05) is 18.1 Å². The van der Waals surface area contributed by atoms with Gasteiger partial charge in [-0.2, -0.15) is 0 Å². The highest BCUT2D eigenvalue weighted by Gasteiger charge is 2.38. The molecule has 32 heavy (non-hydrogen) atoms. The molecular formula is C24H24N2O6. The van der Waals surface area contributed by atoms with Gasteiger partial charge in [-0.1, -0.05) is 12.8 Å². The van der Waals surface area contributed by atoms with E-state index in [1.54, 1.807) is 42.5 Å². The Balaban J connectivity index is 1.57. The van der Waals surface area contributed by atoms with Gasteiger partial charge in [0.05, 0.1) is 12.5 Å². The smallest absolute Gasteiger partial charge is 0.295 e. The summed E-state index contributed by atoms with van der Waals surface area (Å²) in [7, 11) is 0. The quantitative estimate of drug-likeness (QED) is 0.626. The standard InChI is InChI=1S/C24H24N2O6/c27-23(25-16-5-1-2-6-16)22(19-7-3-11-29-19)26(24(28)20-8-4-12-30-20)17-9-10-18-21(15-17)32-14-13-31-18/h3-4,7-12,15-16,22H,1-2,5-6,13-14H2,(H,25,27)/t22-/m1/s1. The molecule has 1 N–H and O–H groups in total. The molecule has 1 atom stereocenters. The highest BCUT2D eigenvalue weighted by molar-refractivity contribution is 6.08. The Morgan fingerprint density at radius 1 is 0.938 bits per heavy atom. The molecule has 2 amide bonds. The molecule has 3 aromatic rings. The third-order valence-corrected chi connectivity index (χ3v) is 5.78. The molecule has 0 radical (unpaired) electrons. The van der Waals surface area contributed by atoms with Crippen molar-refractivity contribution >= 4 is 17.5 Å². The predicted octanol–water partition coefficient (Wildman–Crippen LogP) is 4.09. The summed E-state index contributed by atoms with van der Waals surface area (Å²) in [5.74, 6) is 0.812. The zero-order chi connectivity index (χ0) is 21.9. The minimum absolute atomic E-state index is 0.0841. The maximum absolute atomic E-state index is 13.6. The lowest BCUT2D eigenvalue weighted by Gasteiger charge is -2.31. The summed E-state index contributed by atoms with van der Waals surface area (Å²) in [6.07, 6.45) is 6.92. The lowest BCUT2D eigenvalue weighted by atomic mass is 10.1. The van der Waals surface area contributed by atoms with Crippen LogP contribution in [0.15, 0.2) is 63.8 Å².